The maximum atomic E-state index is 6.33. The van der Waals surface area contributed by atoms with Crippen LogP contribution in [-0.2, 0) is 0 Å². The first-order chi connectivity index (χ1) is 30.2. The van der Waals surface area contributed by atoms with E-state index in [1.54, 1.807) is 0 Å². The van der Waals surface area contributed by atoms with Crippen molar-refractivity contribution in [3.8, 4) is 90.6 Å². The quantitative estimate of drug-likeness (QED) is 0.152. The first-order valence-corrected chi connectivity index (χ1v) is 20.1. The van der Waals surface area contributed by atoms with Crippen LogP contribution in [0.3, 0.4) is 0 Å². The summed E-state index contributed by atoms with van der Waals surface area (Å²) in [5.41, 5.74) is 11.6. The fraction of sp³-hybridized carbons (Fsp3) is 0. The lowest BCUT2D eigenvalue weighted by atomic mass is 9.99. The molecule has 0 aliphatic heterocycles. The SMILES string of the molecule is c1ccc(-c2nc(-c3ccccc3)nc(-c3ccc(-c4ccc5oc6ccc(-c7ccc(-c8nc(-c9ccccc9)nc(-c9ccccc9)n8)cc7)cc6c5c4)cc3)n2)cc1. The molecule has 0 radical (unpaired) electrons. The van der Waals surface area contributed by atoms with Crippen molar-refractivity contribution in [2.75, 3.05) is 0 Å². The fourth-order valence-corrected chi connectivity index (χ4v) is 7.64. The first-order valence-electron chi connectivity index (χ1n) is 20.1. The highest BCUT2D eigenvalue weighted by Gasteiger charge is 2.16. The molecule has 0 spiro atoms. The molecule has 3 heterocycles. The third-order valence-electron chi connectivity index (χ3n) is 10.8. The Morgan fingerprint density at radius 2 is 0.443 bits per heavy atom. The number of fused-ring (bicyclic) bond motifs is 3. The van der Waals surface area contributed by atoms with Gasteiger partial charge in [0.1, 0.15) is 11.2 Å². The van der Waals surface area contributed by atoms with Gasteiger partial charge in [0, 0.05) is 44.2 Å². The Kier molecular flexibility index (Phi) is 9.02. The topological polar surface area (TPSA) is 90.5 Å². The van der Waals surface area contributed by atoms with Gasteiger partial charge in [-0.1, -0.05) is 182 Å². The maximum Gasteiger partial charge on any atom is 0.164 e. The van der Waals surface area contributed by atoms with Gasteiger partial charge in [0.2, 0.25) is 0 Å². The van der Waals surface area contributed by atoms with Crippen LogP contribution in [0.5, 0.6) is 0 Å². The second-order valence-corrected chi connectivity index (χ2v) is 14.8. The minimum absolute atomic E-state index is 0.623. The summed E-state index contributed by atoms with van der Waals surface area (Å²) >= 11 is 0. The van der Waals surface area contributed by atoms with Gasteiger partial charge in [-0.2, -0.15) is 0 Å². The summed E-state index contributed by atoms with van der Waals surface area (Å²) in [7, 11) is 0. The van der Waals surface area contributed by atoms with Gasteiger partial charge in [0.25, 0.3) is 0 Å². The normalized spacial score (nSPS) is 11.3. The van der Waals surface area contributed by atoms with Crippen LogP contribution in [0.15, 0.2) is 211 Å². The van der Waals surface area contributed by atoms with Crippen molar-refractivity contribution < 1.29 is 4.42 Å². The van der Waals surface area contributed by atoms with E-state index in [1.807, 2.05) is 121 Å². The lowest BCUT2D eigenvalue weighted by molar-refractivity contribution is 0.669. The molecule has 0 fully saturated rings. The molecule has 0 amide bonds. The van der Waals surface area contributed by atoms with Crippen molar-refractivity contribution in [3.63, 3.8) is 0 Å². The lowest BCUT2D eigenvalue weighted by Gasteiger charge is -2.09. The lowest BCUT2D eigenvalue weighted by Crippen LogP contribution is -2.00. The van der Waals surface area contributed by atoms with Gasteiger partial charge in [0.05, 0.1) is 0 Å². The monoisotopic (exact) mass is 782 g/mol. The predicted octanol–water partition coefficient (Wildman–Crippen LogP) is 13.3. The summed E-state index contributed by atoms with van der Waals surface area (Å²) in [4.78, 5) is 29.3. The van der Waals surface area contributed by atoms with E-state index in [4.69, 9.17) is 34.3 Å². The van der Waals surface area contributed by atoms with Crippen LogP contribution in [0.25, 0.3) is 113 Å². The summed E-state index contributed by atoms with van der Waals surface area (Å²) in [6, 6.07) is 69.7. The van der Waals surface area contributed by atoms with Crippen LogP contribution >= 0.6 is 0 Å². The molecular weight excluding hydrogens is 749 g/mol. The van der Waals surface area contributed by atoms with Crippen LogP contribution in [0.1, 0.15) is 0 Å². The molecule has 0 aliphatic rings. The number of furan rings is 1. The minimum Gasteiger partial charge on any atom is -0.456 e. The van der Waals surface area contributed by atoms with Crippen molar-refractivity contribution >= 4 is 21.9 Å². The standard InChI is InChI=1S/C54H34N6O/c1-5-13-37(14-6-1)49-55-50(38-15-7-2-8-16-38)58-53(57-49)41-25-21-35(22-26-41)43-29-31-47-45(33-43)46-34-44(30-32-48(46)61-47)36-23-27-42(28-24-36)54-59-51(39-17-9-3-10-18-39)56-52(60-54)40-19-11-4-12-20-40/h1-34H. The Labute approximate surface area is 351 Å². The molecule has 0 saturated carbocycles. The third-order valence-corrected chi connectivity index (χ3v) is 10.8. The van der Waals surface area contributed by atoms with Gasteiger partial charge >= 0.3 is 0 Å². The Morgan fingerprint density at radius 3 is 0.721 bits per heavy atom. The number of hydrogen-bond donors (Lipinski definition) is 0. The van der Waals surface area contributed by atoms with Gasteiger partial charge in [-0.25, -0.2) is 29.9 Å². The summed E-state index contributed by atoms with van der Waals surface area (Å²) in [6.45, 7) is 0. The Bertz CT molecular complexity index is 2980. The van der Waals surface area contributed by atoms with Gasteiger partial charge in [-0.15, -0.1) is 0 Å². The predicted molar refractivity (Wildman–Crippen MR) is 244 cm³/mol. The molecule has 7 nitrogen and oxygen atoms in total. The Balaban J connectivity index is 0.904. The van der Waals surface area contributed by atoms with E-state index in [1.165, 1.54) is 0 Å². The minimum atomic E-state index is 0.623. The van der Waals surface area contributed by atoms with Crippen molar-refractivity contribution in [1.29, 1.82) is 0 Å². The maximum absolute atomic E-state index is 6.33. The molecule has 0 N–H and O–H groups in total. The van der Waals surface area contributed by atoms with E-state index < -0.39 is 0 Å². The summed E-state index contributed by atoms with van der Waals surface area (Å²) in [6.07, 6.45) is 0. The molecule has 3 aromatic heterocycles. The first kappa shape index (κ1) is 35.7. The zero-order chi connectivity index (χ0) is 40.5. The molecule has 0 bridgehead atoms. The van der Waals surface area contributed by atoms with Gasteiger partial charge in [-0.05, 0) is 46.5 Å². The van der Waals surface area contributed by atoms with Gasteiger partial charge in [0.15, 0.2) is 34.9 Å². The van der Waals surface area contributed by atoms with Crippen molar-refractivity contribution in [2.24, 2.45) is 0 Å². The summed E-state index contributed by atoms with van der Waals surface area (Å²) in [5, 5.41) is 2.11. The highest BCUT2D eigenvalue weighted by Crippen LogP contribution is 2.36. The molecule has 0 unspecified atom stereocenters. The van der Waals surface area contributed by atoms with E-state index in [2.05, 4.69) is 84.9 Å². The van der Waals surface area contributed by atoms with Crippen LogP contribution in [0, 0.1) is 0 Å². The molecule has 61 heavy (non-hydrogen) atoms. The Hall–Kier alpha value is -8.42. The molecule has 0 saturated heterocycles. The average molecular weight is 783 g/mol. The number of rotatable bonds is 8. The highest BCUT2D eigenvalue weighted by molar-refractivity contribution is 6.07. The number of benzene rings is 8. The molecule has 0 aliphatic carbocycles. The zero-order valence-electron chi connectivity index (χ0n) is 32.7. The summed E-state index contributed by atoms with van der Waals surface area (Å²) < 4.78 is 6.33. The van der Waals surface area contributed by atoms with Crippen LogP contribution < -0.4 is 0 Å². The average Bonchev–Trinajstić information content (AvgIpc) is 3.72. The van der Waals surface area contributed by atoms with E-state index >= 15 is 0 Å². The zero-order valence-corrected chi connectivity index (χ0v) is 32.7. The molecular formula is C54H34N6O. The van der Waals surface area contributed by atoms with Gasteiger partial charge in [-0.3, -0.25) is 0 Å². The van der Waals surface area contributed by atoms with Crippen molar-refractivity contribution in [1.82, 2.24) is 29.9 Å². The largest absolute Gasteiger partial charge is 0.456 e. The summed E-state index contributed by atoms with van der Waals surface area (Å²) in [5.74, 6) is 3.80. The van der Waals surface area contributed by atoms with Crippen LogP contribution in [0.2, 0.25) is 0 Å². The molecule has 11 rings (SSSR count). The molecule has 7 heteroatoms. The third kappa shape index (κ3) is 7.11. The van der Waals surface area contributed by atoms with E-state index in [0.717, 1.165) is 77.6 Å². The molecule has 11 aromatic rings. The second-order valence-electron chi connectivity index (χ2n) is 14.8. The fourth-order valence-electron chi connectivity index (χ4n) is 7.64. The highest BCUT2D eigenvalue weighted by atomic mass is 16.3. The molecule has 0 atom stereocenters. The van der Waals surface area contributed by atoms with Crippen molar-refractivity contribution in [3.05, 3.63) is 206 Å². The number of aromatic nitrogens is 6. The Morgan fingerprint density at radius 1 is 0.213 bits per heavy atom. The van der Waals surface area contributed by atoms with E-state index in [-0.39, 0.29) is 0 Å². The number of hydrogen-bond acceptors (Lipinski definition) is 7. The molecule has 286 valence electrons. The van der Waals surface area contributed by atoms with Crippen molar-refractivity contribution in [2.45, 2.75) is 0 Å². The van der Waals surface area contributed by atoms with Gasteiger partial charge < -0.3 is 4.42 Å². The van der Waals surface area contributed by atoms with E-state index in [0.29, 0.717) is 34.9 Å². The van der Waals surface area contributed by atoms with Crippen LogP contribution in [-0.4, -0.2) is 29.9 Å². The van der Waals surface area contributed by atoms with Crippen LogP contribution in [0.4, 0.5) is 0 Å². The second kappa shape index (κ2) is 15.4. The number of nitrogens with zero attached hydrogens (tertiary/aromatic N) is 6. The van der Waals surface area contributed by atoms with E-state index in [9.17, 15) is 0 Å². The smallest absolute Gasteiger partial charge is 0.164 e. The molecule has 8 aromatic carbocycles.